The number of aliphatic carboxylic acids is 1. The lowest BCUT2D eigenvalue weighted by Crippen LogP contribution is -2.42. The monoisotopic (exact) mass is 448 g/mol. The van der Waals surface area contributed by atoms with E-state index in [9.17, 15) is 19.5 Å². The number of thiophene rings is 1. The van der Waals surface area contributed by atoms with Crippen molar-refractivity contribution in [2.75, 3.05) is 32.1 Å². The summed E-state index contributed by atoms with van der Waals surface area (Å²) in [6, 6.07) is 7.80. The lowest BCUT2D eigenvalue weighted by atomic mass is 10.0. The van der Waals surface area contributed by atoms with Crippen molar-refractivity contribution in [3.8, 4) is 16.2 Å². The van der Waals surface area contributed by atoms with Gasteiger partial charge < -0.3 is 29.9 Å². The number of nitrogens with zero attached hydrogens (tertiary/aromatic N) is 1. The van der Waals surface area contributed by atoms with Crippen molar-refractivity contribution in [3.05, 3.63) is 34.7 Å². The largest absolute Gasteiger partial charge is 0.480 e. The molecular formula is C21H24N2O7S. The third kappa shape index (κ3) is 5.26. The smallest absolute Gasteiger partial charge is 0.409 e. The minimum atomic E-state index is -1.17. The zero-order valence-corrected chi connectivity index (χ0v) is 18.0. The Balaban J connectivity index is 1.77. The lowest BCUT2D eigenvalue weighted by Gasteiger charge is -2.31. The van der Waals surface area contributed by atoms with Gasteiger partial charge in [-0.15, -0.1) is 11.3 Å². The van der Waals surface area contributed by atoms with Gasteiger partial charge in [0.25, 0.3) is 0 Å². The maximum absolute atomic E-state index is 11.6. The number of likely N-dealkylation sites (tertiary alicyclic amines) is 1. The fraction of sp³-hybridized carbons (Fsp3) is 0.381. The minimum Gasteiger partial charge on any atom is -0.480 e. The molecule has 166 valence electrons. The second kappa shape index (κ2) is 9.69. The quantitative estimate of drug-likeness (QED) is 0.587. The van der Waals surface area contributed by atoms with Gasteiger partial charge >= 0.3 is 18.0 Å². The van der Waals surface area contributed by atoms with Crippen LogP contribution in [0.3, 0.4) is 0 Å². The molecule has 2 aromatic rings. The fourth-order valence-corrected chi connectivity index (χ4v) is 4.63. The predicted octanol–water partition coefficient (Wildman–Crippen LogP) is 3.53. The molecule has 1 aliphatic rings. The van der Waals surface area contributed by atoms with Crippen molar-refractivity contribution in [2.24, 2.45) is 0 Å². The van der Waals surface area contributed by atoms with E-state index in [1.807, 2.05) is 24.3 Å². The van der Waals surface area contributed by atoms with Crippen LogP contribution in [0.25, 0.3) is 10.4 Å². The molecule has 0 atom stereocenters. The molecule has 0 spiro atoms. The van der Waals surface area contributed by atoms with Gasteiger partial charge in [-0.1, -0.05) is 12.1 Å². The van der Waals surface area contributed by atoms with Crippen molar-refractivity contribution >= 4 is 35.1 Å². The summed E-state index contributed by atoms with van der Waals surface area (Å²) in [6.07, 6.45) is 1.25. The van der Waals surface area contributed by atoms with Gasteiger partial charge in [0.15, 0.2) is 11.5 Å². The van der Waals surface area contributed by atoms with E-state index in [1.165, 1.54) is 7.11 Å². The van der Waals surface area contributed by atoms with Crippen molar-refractivity contribution < 1.29 is 34.1 Å². The van der Waals surface area contributed by atoms with Crippen LogP contribution < -0.4 is 10.1 Å². The molecular weight excluding hydrogens is 424 g/mol. The number of hydrogen-bond acceptors (Lipinski definition) is 7. The zero-order valence-electron chi connectivity index (χ0n) is 17.2. The highest BCUT2D eigenvalue weighted by molar-refractivity contribution is 7.18. The summed E-state index contributed by atoms with van der Waals surface area (Å²) < 4.78 is 10.0. The third-order valence-corrected chi connectivity index (χ3v) is 6.36. The molecule has 31 heavy (non-hydrogen) atoms. The molecule has 1 aromatic carbocycles. The molecule has 1 aromatic heterocycles. The standard InChI is InChI=1S/C21H24N2O7S/c1-12-17(30-11-16(24)25)19(20(26)27)31-18(12)13-4-3-5-15(10-13)22-14-6-8-23(9-7-14)21(28)29-2/h3-5,10,14,22H,6-9,11H2,1-2H3,(H,24,25)(H,26,27). The first-order valence-corrected chi connectivity index (χ1v) is 10.5. The Morgan fingerprint density at radius 2 is 1.94 bits per heavy atom. The number of methoxy groups -OCH3 is 1. The fourth-order valence-electron chi connectivity index (χ4n) is 3.54. The van der Waals surface area contributed by atoms with Crippen LogP contribution >= 0.6 is 11.3 Å². The van der Waals surface area contributed by atoms with E-state index < -0.39 is 18.5 Å². The van der Waals surface area contributed by atoms with Gasteiger partial charge in [-0.2, -0.15) is 0 Å². The SMILES string of the molecule is COC(=O)N1CCC(Nc2cccc(-c3sc(C(=O)O)c(OCC(=O)O)c3C)c2)CC1. The molecule has 0 radical (unpaired) electrons. The highest BCUT2D eigenvalue weighted by Gasteiger charge is 2.25. The topological polar surface area (TPSA) is 125 Å². The Hall–Kier alpha value is -3.27. The number of piperidine rings is 1. The van der Waals surface area contributed by atoms with Crippen LogP contribution in [-0.4, -0.2) is 66.0 Å². The molecule has 1 amide bonds. The van der Waals surface area contributed by atoms with E-state index in [0.29, 0.717) is 23.5 Å². The number of carboxylic acids is 2. The summed E-state index contributed by atoms with van der Waals surface area (Å²) in [5.74, 6) is -2.25. The Bertz CT molecular complexity index is 980. The Labute approximate surface area is 183 Å². The third-order valence-electron chi connectivity index (χ3n) is 5.05. The summed E-state index contributed by atoms with van der Waals surface area (Å²) in [4.78, 5) is 36.5. The van der Waals surface area contributed by atoms with E-state index >= 15 is 0 Å². The van der Waals surface area contributed by atoms with Gasteiger partial charge in [0, 0.05) is 35.3 Å². The molecule has 3 rings (SSSR count). The van der Waals surface area contributed by atoms with Gasteiger partial charge in [-0.3, -0.25) is 0 Å². The van der Waals surface area contributed by atoms with Gasteiger partial charge in [0.1, 0.15) is 5.75 Å². The maximum Gasteiger partial charge on any atom is 0.409 e. The second-order valence-corrected chi connectivity index (χ2v) is 8.18. The summed E-state index contributed by atoms with van der Waals surface area (Å²) in [5.41, 5.74) is 2.28. The van der Waals surface area contributed by atoms with E-state index in [-0.39, 0.29) is 22.8 Å². The number of carbonyl (C=O) groups is 3. The number of amides is 1. The van der Waals surface area contributed by atoms with Crippen LogP contribution in [0.1, 0.15) is 28.1 Å². The highest BCUT2D eigenvalue weighted by Crippen LogP contribution is 2.42. The molecule has 1 aliphatic heterocycles. The van der Waals surface area contributed by atoms with Crippen LogP contribution in [0.4, 0.5) is 10.5 Å². The van der Waals surface area contributed by atoms with E-state index in [0.717, 1.165) is 35.4 Å². The highest BCUT2D eigenvalue weighted by atomic mass is 32.1. The molecule has 1 fully saturated rings. The number of hydrogen-bond donors (Lipinski definition) is 3. The minimum absolute atomic E-state index is 0.0257. The van der Waals surface area contributed by atoms with Gasteiger partial charge in [-0.05, 0) is 37.5 Å². The van der Waals surface area contributed by atoms with Crippen LogP contribution in [0, 0.1) is 6.92 Å². The average molecular weight is 448 g/mol. The number of ether oxygens (including phenoxy) is 2. The number of anilines is 1. The first-order valence-electron chi connectivity index (χ1n) is 9.71. The van der Waals surface area contributed by atoms with E-state index in [4.69, 9.17) is 14.6 Å². The normalized spacial score (nSPS) is 14.2. The second-order valence-electron chi connectivity index (χ2n) is 7.16. The van der Waals surface area contributed by atoms with Crippen molar-refractivity contribution in [1.29, 1.82) is 0 Å². The molecule has 0 aliphatic carbocycles. The summed E-state index contributed by atoms with van der Waals surface area (Å²) >= 11 is 1.06. The van der Waals surface area contributed by atoms with Crippen molar-refractivity contribution in [1.82, 2.24) is 4.90 Å². The van der Waals surface area contributed by atoms with Gasteiger partial charge in [0.2, 0.25) is 0 Å². The molecule has 9 nitrogen and oxygen atoms in total. The van der Waals surface area contributed by atoms with E-state index in [2.05, 4.69) is 5.32 Å². The number of benzene rings is 1. The van der Waals surface area contributed by atoms with Gasteiger partial charge in [-0.25, -0.2) is 14.4 Å². The lowest BCUT2D eigenvalue weighted by molar-refractivity contribution is -0.139. The van der Waals surface area contributed by atoms with Gasteiger partial charge in [0.05, 0.1) is 7.11 Å². The zero-order chi connectivity index (χ0) is 22.5. The van der Waals surface area contributed by atoms with Crippen LogP contribution in [0.5, 0.6) is 5.75 Å². The Morgan fingerprint density at radius 3 is 2.55 bits per heavy atom. The van der Waals surface area contributed by atoms with E-state index in [1.54, 1.807) is 11.8 Å². The molecule has 3 N–H and O–H groups in total. The Kier molecular flexibility index (Phi) is 7.01. The molecule has 10 heteroatoms. The number of aromatic carboxylic acids is 1. The number of rotatable bonds is 7. The van der Waals surface area contributed by atoms with Crippen LogP contribution in [0.2, 0.25) is 0 Å². The number of carbonyl (C=O) groups excluding carboxylic acids is 1. The Morgan fingerprint density at radius 1 is 1.23 bits per heavy atom. The average Bonchev–Trinajstić information content (AvgIpc) is 3.09. The van der Waals surface area contributed by atoms with Crippen molar-refractivity contribution in [2.45, 2.75) is 25.8 Å². The number of carboxylic acid groups (broad SMARTS) is 2. The number of nitrogens with one attached hydrogen (secondary N) is 1. The summed E-state index contributed by atoms with van der Waals surface area (Å²) in [7, 11) is 1.37. The first-order chi connectivity index (χ1) is 14.8. The van der Waals surface area contributed by atoms with Crippen LogP contribution in [-0.2, 0) is 9.53 Å². The summed E-state index contributed by atoms with van der Waals surface area (Å²) in [6.45, 7) is 2.34. The first kappa shape index (κ1) is 22.4. The molecule has 1 saturated heterocycles. The maximum atomic E-state index is 11.6. The molecule has 0 unspecified atom stereocenters. The van der Waals surface area contributed by atoms with Crippen molar-refractivity contribution in [3.63, 3.8) is 0 Å². The predicted molar refractivity (Wildman–Crippen MR) is 115 cm³/mol. The molecule has 2 heterocycles. The van der Waals surface area contributed by atoms with Crippen LogP contribution in [0.15, 0.2) is 24.3 Å². The summed E-state index contributed by atoms with van der Waals surface area (Å²) in [5, 5.41) is 21.8. The molecule has 0 saturated carbocycles. The molecule has 0 bridgehead atoms.